The molecule has 0 spiro atoms. The van der Waals surface area contributed by atoms with Crippen LogP contribution in [0.25, 0.3) is 0 Å². The van der Waals surface area contributed by atoms with Gasteiger partial charge in [-0.05, 0) is 20.3 Å². The summed E-state index contributed by atoms with van der Waals surface area (Å²) in [7, 11) is 0. The van der Waals surface area contributed by atoms with Crippen LogP contribution in [0.2, 0.25) is 0 Å². The molecule has 0 amide bonds. The molecule has 2 rings (SSSR count). The second kappa shape index (κ2) is 1.21. The average Bonchev–Trinajstić information content (AvgIpc) is 2.39. The third-order valence-corrected chi connectivity index (χ3v) is 2.11. The van der Waals surface area contributed by atoms with Crippen LogP contribution in [0.15, 0.2) is 0 Å². The van der Waals surface area contributed by atoms with E-state index in [0.717, 1.165) is 6.42 Å². The molecular weight excluding hydrogens is 116 g/mol. The van der Waals surface area contributed by atoms with Crippen molar-refractivity contribution < 1.29 is 9.53 Å². The summed E-state index contributed by atoms with van der Waals surface area (Å²) >= 11 is 0. The van der Waals surface area contributed by atoms with Gasteiger partial charge in [-0.3, -0.25) is 4.79 Å². The first-order valence-corrected chi connectivity index (χ1v) is 3.33. The van der Waals surface area contributed by atoms with Crippen LogP contribution in [0, 0.1) is 5.92 Å². The molecule has 1 heterocycles. The predicted molar refractivity (Wildman–Crippen MR) is 32.1 cm³/mol. The maximum atomic E-state index is 11.1. The summed E-state index contributed by atoms with van der Waals surface area (Å²) in [4.78, 5) is 11.1. The van der Waals surface area contributed by atoms with E-state index in [2.05, 4.69) is 0 Å². The van der Waals surface area contributed by atoms with Crippen molar-refractivity contribution in [2.45, 2.75) is 32.0 Å². The smallest absolute Gasteiger partial charge is 0.169 e. The highest BCUT2D eigenvalue weighted by Gasteiger charge is 2.58. The number of carbonyl (C=O) groups is 1. The summed E-state index contributed by atoms with van der Waals surface area (Å²) in [5.41, 5.74) is -0.465. The Hall–Kier alpha value is -0.370. The van der Waals surface area contributed by atoms with Gasteiger partial charge in [-0.25, -0.2) is 0 Å². The molecule has 0 unspecified atom stereocenters. The Morgan fingerprint density at radius 3 is 2.56 bits per heavy atom. The van der Waals surface area contributed by atoms with Crippen LogP contribution in [-0.2, 0) is 9.53 Å². The number of rotatable bonds is 0. The Kier molecular flexibility index (Phi) is 0.730. The lowest BCUT2D eigenvalue weighted by Crippen LogP contribution is -2.30. The van der Waals surface area contributed by atoms with Crippen molar-refractivity contribution in [1.82, 2.24) is 0 Å². The van der Waals surface area contributed by atoms with E-state index in [9.17, 15) is 4.79 Å². The number of Topliss-reactive ketones (excluding diaryl/α,β-unsaturated/α-hetero) is 1. The highest BCUT2D eigenvalue weighted by Crippen LogP contribution is 2.47. The molecule has 1 saturated carbocycles. The van der Waals surface area contributed by atoms with E-state index in [1.165, 1.54) is 0 Å². The van der Waals surface area contributed by atoms with Gasteiger partial charge in [0.1, 0.15) is 5.60 Å². The molecule has 0 bridgehead atoms. The van der Waals surface area contributed by atoms with Crippen molar-refractivity contribution in [2.75, 3.05) is 0 Å². The SMILES string of the molecule is CC1(C)O[C@H]2C[C@H]2C1=O. The first kappa shape index (κ1) is 5.42. The normalized spacial score (nSPS) is 44.9. The minimum Gasteiger partial charge on any atom is -0.364 e. The summed E-state index contributed by atoms with van der Waals surface area (Å²) in [5, 5.41) is 0. The van der Waals surface area contributed by atoms with Crippen LogP contribution in [0.1, 0.15) is 20.3 Å². The van der Waals surface area contributed by atoms with Crippen LogP contribution in [-0.4, -0.2) is 17.5 Å². The van der Waals surface area contributed by atoms with E-state index >= 15 is 0 Å². The molecule has 2 fully saturated rings. The molecule has 0 N–H and O–H groups in total. The Morgan fingerprint density at radius 1 is 1.67 bits per heavy atom. The average molecular weight is 126 g/mol. The van der Waals surface area contributed by atoms with Crippen LogP contribution in [0.4, 0.5) is 0 Å². The molecule has 0 aromatic rings. The monoisotopic (exact) mass is 126 g/mol. The van der Waals surface area contributed by atoms with Crippen molar-refractivity contribution in [2.24, 2.45) is 5.92 Å². The third kappa shape index (κ3) is 0.568. The molecule has 2 aliphatic rings. The molecule has 2 atom stereocenters. The fourth-order valence-electron chi connectivity index (χ4n) is 1.46. The number of ether oxygens (including phenoxy) is 1. The molecule has 0 aromatic heterocycles. The molecule has 0 radical (unpaired) electrons. The second-order valence-electron chi connectivity index (χ2n) is 3.37. The van der Waals surface area contributed by atoms with Crippen LogP contribution < -0.4 is 0 Å². The van der Waals surface area contributed by atoms with Gasteiger partial charge in [0.25, 0.3) is 0 Å². The van der Waals surface area contributed by atoms with Gasteiger partial charge in [0.2, 0.25) is 0 Å². The summed E-state index contributed by atoms with van der Waals surface area (Å²) in [6.45, 7) is 3.70. The second-order valence-corrected chi connectivity index (χ2v) is 3.37. The summed E-state index contributed by atoms with van der Waals surface area (Å²) < 4.78 is 5.39. The van der Waals surface area contributed by atoms with E-state index < -0.39 is 5.60 Å². The minimum atomic E-state index is -0.465. The van der Waals surface area contributed by atoms with Gasteiger partial charge < -0.3 is 4.74 Å². The molecule has 2 heteroatoms. The molecule has 1 aliphatic carbocycles. The number of carbonyl (C=O) groups excluding carboxylic acids is 1. The Balaban J connectivity index is 2.26. The maximum absolute atomic E-state index is 11.1. The van der Waals surface area contributed by atoms with Gasteiger partial charge in [0.05, 0.1) is 6.10 Å². The summed E-state index contributed by atoms with van der Waals surface area (Å²) in [6, 6.07) is 0. The van der Waals surface area contributed by atoms with Gasteiger partial charge >= 0.3 is 0 Å². The van der Waals surface area contributed by atoms with Crippen LogP contribution >= 0.6 is 0 Å². The first-order valence-electron chi connectivity index (χ1n) is 3.33. The zero-order chi connectivity index (χ0) is 6.65. The fourth-order valence-corrected chi connectivity index (χ4v) is 1.46. The van der Waals surface area contributed by atoms with E-state index in [1.807, 2.05) is 13.8 Å². The molecular formula is C7H10O2. The van der Waals surface area contributed by atoms with Crippen molar-refractivity contribution in [3.8, 4) is 0 Å². The van der Waals surface area contributed by atoms with Crippen molar-refractivity contribution in [3.05, 3.63) is 0 Å². The quantitative estimate of drug-likeness (QED) is 0.479. The van der Waals surface area contributed by atoms with E-state index in [1.54, 1.807) is 0 Å². The topological polar surface area (TPSA) is 26.3 Å². The standard InChI is InChI=1S/C7H10O2/c1-7(2)6(8)4-3-5(4)9-7/h4-5H,3H2,1-2H3/t4-,5+/m1/s1. The highest BCUT2D eigenvalue weighted by molar-refractivity contribution is 5.93. The minimum absolute atomic E-state index is 0.264. The Labute approximate surface area is 54.2 Å². The van der Waals surface area contributed by atoms with Crippen LogP contribution in [0.3, 0.4) is 0 Å². The van der Waals surface area contributed by atoms with Gasteiger partial charge in [0.15, 0.2) is 5.78 Å². The molecule has 0 aromatic carbocycles. The lowest BCUT2D eigenvalue weighted by Gasteiger charge is -2.16. The van der Waals surface area contributed by atoms with Crippen molar-refractivity contribution in [1.29, 1.82) is 0 Å². The molecule has 1 aliphatic heterocycles. The summed E-state index contributed by atoms with van der Waals surface area (Å²) in [5.74, 6) is 0.562. The fraction of sp³-hybridized carbons (Fsp3) is 0.857. The number of hydrogen-bond acceptors (Lipinski definition) is 2. The lowest BCUT2D eigenvalue weighted by molar-refractivity contribution is -0.133. The van der Waals surface area contributed by atoms with Gasteiger partial charge in [-0.15, -0.1) is 0 Å². The van der Waals surface area contributed by atoms with Crippen molar-refractivity contribution in [3.63, 3.8) is 0 Å². The molecule has 1 saturated heterocycles. The third-order valence-electron chi connectivity index (χ3n) is 2.11. The number of fused-ring (bicyclic) bond motifs is 1. The highest BCUT2D eigenvalue weighted by atomic mass is 16.5. The molecule has 2 nitrogen and oxygen atoms in total. The maximum Gasteiger partial charge on any atom is 0.169 e. The van der Waals surface area contributed by atoms with Gasteiger partial charge in [-0.1, -0.05) is 0 Å². The number of hydrogen-bond donors (Lipinski definition) is 0. The largest absolute Gasteiger partial charge is 0.364 e. The number of ketones is 1. The first-order chi connectivity index (χ1) is 4.11. The molecule has 50 valence electrons. The van der Waals surface area contributed by atoms with Crippen LogP contribution in [0.5, 0.6) is 0 Å². The summed E-state index contributed by atoms with van der Waals surface area (Å²) in [6.07, 6.45) is 1.26. The molecule has 9 heavy (non-hydrogen) atoms. The van der Waals surface area contributed by atoms with E-state index in [0.29, 0.717) is 5.78 Å². The predicted octanol–water partition coefficient (Wildman–Crippen LogP) is 0.753. The Morgan fingerprint density at radius 2 is 2.33 bits per heavy atom. The zero-order valence-corrected chi connectivity index (χ0v) is 5.68. The lowest BCUT2D eigenvalue weighted by atomic mass is 10.0. The van der Waals surface area contributed by atoms with E-state index in [4.69, 9.17) is 4.74 Å². The Bertz CT molecular complexity index is 172. The zero-order valence-electron chi connectivity index (χ0n) is 5.68. The van der Waals surface area contributed by atoms with Crippen molar-refractivity contribution >= 4 is 5.78 Å². The van der Waals surface area contributed by atoms with Gasteiger partial charge in [0, 0.05) is 5.92 Å². The van der Waals surface area contributed by atoms with Gasteiger partial charge in [-0.2, -0.15) is 0 Å². The van der Waals surface area contributed by atoms with E-state index in [-0.39, 0.29) is 12.0 Å².